The van der Waals surface area contributed by atoms with E-state index in [1.54, 1.807) is 26.1 Å². The van der Waals surface area contributed by atoms with E-state index < -0.39 is 0 Å². The van der Waals surface area contributed by atoms with E-state index in [0.29, 0.717) is 59.4 Å². The molecule has 1 aliphatic rings. The van der Waals surface area contributed by atoms with Gasteiger partial charge in [-0.05, 0) is 18.9 Å². The first-order valence-electron chi connectivity index (χ1n) is 11.3. The van der Waals surface area contributed by atoms with E-state index in [9.17, 15) is 4.39 Å². The second-order valence-electron chi connectivity index (χ2n) is 8.45. The van der Waals surface area contributed by atoms with Crippen LogP contribution in [0.15, 0.2) is 22.7 Å². The minimum absolute atomic E-state index is 0.237. The van der Waals surface area contributed by atoms with Gasteiger partial charge in [0.1, 0.15) is 11.3 Å². The number of nitrogens with zero attached hydrogens (tertiary/aromatic N) is 9. The van der Waals surface area contributed by atoms with Crippen molar-refractivity contribution in [3.05, 3.63) is 35.9 Å². The zero-order chi connectivity index (χ0) is 24.1. The van der Waals surface area contributed by atoms with Gasteiger partial charge in [0.15, 0.2) is 22.8 Å². The van der Waals surface area contributed by atoms with Crippen LogP contribution in [-0.2, 0) is 6.54 Å². The summed E-state index contributed by atoms with van der Waals surface area (Å²) in [4.78, 5) is 17.7. The van der Waals surface area contributed by atoms with Crippen molar-refractivity contribution in [2.75, 3.05) is 43.4 Å². The fraction of sp³-hybridized carbons (Fsp3) is 0.348. The topological polar surface area (TPSA) is 119 Å². The minimum atomic E-state index is -0.290. The van der Waals surface area contributed by atoms with Crippen LogP contribution < -0.4 is 10.6 Å². The van der Waals surface area contributed by atoms with Gasteiger partial charge in [0.2, 0.25) is 11.8 Å². The van der Waals surface area contributed by atoms with Gasteiger partial charge < -0.3 is 15.1 Å². The standard InChI is InChI=1S/C23H23FN10O/c1-3-4-20-28-22-15-13-26-33(21(15)29-23(25)34(22)30-20)10-7-31-5-8-32(9-6-31)18-12-17-19(11-16(18)24)35-14(2)27-17/h11-13H,5-10H2,1-2H3,(H2,25,29). The fourth-order valence-corrected chi connectivity index (χ4v) is 4.53. The van der Waals surface area contributed by atoms with Crippen molar-refractivity contribution >= 4 is 39.4 Å². The molecule has 5 aromatic rings. The third-order valence-electron chi connectivity index (χ3n) is 6.24. The molecule has 0 spiro atoms. The first-order chi connectivity index (χ1) is 17.0. The van der Waals surface area contributed by atoms with Gasteiger partial charge in [-0.3, -0.25) is 4.90 Å². The Bertz CT molecular complexity index is 1630. The largest absolute Gasteiger partial charge is 0.441 e. The maximum atomic E-state index is 14.7. The molecular weight excluding hydrogens is 451 g/mol. The third kappa shape index (κ3) is 3.70. The van der Waals surface area contributed by atoms with Crippen molar-refractivity contribution in [2.24, 2.45) is 0 Å². The van der Waals surface area contributed by atoms with E-state index >= 15 is 0 Å². The van der Waals surface area contributed by atoms with Gasteiger partial charge in [0.25, 0.3) is 0 Å². The summed E-state index contributed by atoms with van der Waals surface area (Å²) in [6.07, 6.45) is 1.73. The summed E-state index contributed by atoms with van der Waals surface area (Å²) in [5.41, 5.74) is 9.08. The first-order valence-corrected chi connectivity index (χ1v) is 11.3. The normalized spacial score (nSPS) is 14.8. The van der Waals surface area contributed by atoms with Gasteiger partial charge in [0.05, 0.1) is 23.8 Å². The zero-order valence-electron chi connectivity index (χ0n) is 19.4. The van der Waals surface area contributed by atoms with E-state index in [4.69, 9.17) is 10.2 Å². The first kappa shape index (κ1) is 21.3. The molecule has 1 saturated heterocycles. The van der Waals surface area contributed by atoms with Crippen LogP contribution in [0.5, 0.6) is 0 Å². The molecule has 0 amide bonds. The molecule has 0 aliphatic carbocycles. The van der Waals surface area contributed by atoms with Crippen LogP contribution in [-0.4, -0.2) is 72.0 Å². The molecule has 0 atom stereocenters. The fourth-order valence-electron chi connectivity index (χ4n) is 4.53. The molecule has 178 valence electrons. The van der Waals surface area contributed by atoms with Crippen LogP contribution in [0.2, 0.25) is 0 Å². The number of rotatable bonds is 4. The number of nitrogen functional groups attached to an aromatic ring is 1. The molecule has 2 N–H and O–H groups in total. The molecule has 1 fully saturated rings. The number of aromatic nitrogens is 7. The summed E-state index contributed by atoms with van der Waals surface area (Å²) in [6.45, 7) is 7.94. The predicted octanol–water partition coefficient (Wildman–Crippen LogP) is 1.84. The Morgan fingerprint density at radius 3 is 2.71 bits per heavy atom. The number of oxazole rings is 1. The smallest absolute Gasteiger partial charge is 0.226 e. The summed E-state index contributed by atoms with van der Waals surface area (Å²) < 4.78 is 23.4. The number of hydrogen-bond donors (Lipinski definition) is 1. The van der Waals surface area contributed by atoms with Gasteiger partial charge >= 0.3 is 0 Å². The van der Waals surface area contributed by atoms with Gasteiger partial charge in [-0.2, -0.15) is 19.6 Å². The molecule has 5 heterocycles. The Kier molecular flexibility index (Phi) is 5.00. The molecule has 4 aromatic heterocycles. The minimum Gasteiger partial charge on any atom is -0.441 e. The molecule has 12 heteroatoms. The Hall–Kier alpha value is -4.24. The second kappa shape index (κ2) is 8.21. The van der Waals surface area contributed by atoms with Gasteiger partial charge in [-0.1, -0.05) is 5.92 Å². The Morgan fingerprint density at radius 1 is 1.09 bits per heavy atom. The van der Waals surface area contributed by atoms with Crippen LogP contribution in [0.4, 0.5) is 16.0 Å². The lowest BCUT2D eigenvalue weighted by molar-refractivity contribution is 0.245. The second-order valence-corrected chi connectivity index (χ2v) is 8.45. The van der Waals surface area contributed by atoms with E-state index in [0.717, 1.165) is 25.0 Å². The molecule has 11 nitrogen and oxygen atoms in total. The SMILES string of the molecule is CC#Cc1nc2c3cnn(CCN4CCN(c5cc6nc(C)oc6cc5F)CC4)c3nc(N)n2n1. The number of hydrogen-bond acceptors (Lipinski definition) is 9. The van der Waals surface area contributed by atoms with E-state index in [-0.39, 0.29) is 11.8 Å². The van der Waals surface area contributed by atoms with Crippen molar-refractivity contribution in [3.8, 4) is 11.8 Å². The maximum Gasteiger partial charge on any atom is 0.226 e. The molecule has 0 bridgehead atoms. The highest BCUT2D eigenvalue weighted by Crippen LogP contribution is 2.27. The zero-order valence-corrected chi connectivity index (χ0v) is 19.4. The number of fused-ring (bicyclic) bond motifs is 4. The summed E-state index contributed by atoms with van der Waals surface area (Å²) in [7, 11) is 0. The molecule has 0 saturated carbocycles. The van der Waals surface area contributed by atoms with Crippen LogP contribution in [0.1, 0.15) is 18.6 Å². The Labute approximate surface area is 199 Å². The van der Waals surface area contributed by atoms with Crippen molar-refractivity contribution in [3.63, 3.8) is 0 Å². The van der Waals surface area contributed by atoms with E-state index in [1.165, 1.54) is 10.6 Å². The maximum absolute atomic E-state index is 14.7. The number of nitrogens with two attached hydrogens (primary N) is 1. The number of halogens is 1. The average Bonchev–Trinajstić information content (AvgIpc) is 3.54. The Balaban J connectivity index is 1.15. The molecule has 6 rings (SSSR count). The van der Waals surface area contributed by atoms with Crippen LogP contribution in [0, 0.1) is 24.6 Å². The van der Waals surface area contributed by atoms with Crippen LogP contribution >= 0.6 is 0 Å². The van der Waals surface area contributed by atoms with Gasteiger partial charge in [-0.15, -0.1) is 5.10 Å². The number of piperazine rings is 1. The van der Waals surface area contributed by atoms with E-state index in [2.05, 4.69) is 46.8 Å². The number of benzene rings is 1. The summed E-state index contributed by atoms with van der Waals surface area (Å²) in [5, 5.41) is 9.58. The monoisotopic (exact) mass is 474 g/mol. The highest BCUT2D eigenvalue weighted by molar-refractivity contribution is 5.89. The molecule has 0 radical (unpaired) electrons. The van der Waals surface area contributed by atoms with Crippen molar-refractivity contribution < 1.29 is 8.81 Å². The highest BCUT2D eigenvalue weighted by atomic mass is 19.1. The molecule has 35 heavy (non-hydrogen) atoms. The molecule has 1 aromatic carbocycles. The van der Waals surface area contributed by atoms with Gasteiger partial charge in [0, 0.05) is 45.7 Å². The molecular formula is C23H23FN10O. The third-order valence-corrected chi connectivity index (χ3v) is 6.24. The lowest BCUT2D eigenvalue weighted by atomic mass is 10.2. The van der Waals surface area contributed by atoms with Crippen molar-refractivity contribution in [1.82, 2.24) is 39.2 Å². The van der Waals surface area contributed by atoms with Gasteiger partial charge in [-0.25, -0.2) is 14.1 Å². The van der Waals surface area contributed by atoms with Crippen molar-refractivity contribution in [1.29, 1.82) is 0 Å². The number of aryl methyl sites for hydroxylation is 1. The lowest BCUT2D eigenvalue weighted by Gasteiger charge is -2.36. The quantitative estimate of drug-likeness (QED) is 0.389. The van der Waals surface area contributed by atoms with Crippen LogP contribution in [0.25, 0.3) is 27.8 Å². The van der Waals surface area contributed by atoms with E-state index in [1.807, 2.05) is 4.68 Å². The molecule has 0 unspecified atom stereocenters. The Morgan fingerprint density at radius 2 is 1.91 bits per heavy atom. The summed E-state index contributed by atoms with van der Waals surface area (Å²) in [6, 6.07) is 3.19. The highest BCUT2D eigenvalue weighted by Gasteiger charge is 2.22. The average molecular weight is 475 g/mol. The van der Waals surface area contributed by atoms with Crippen molar-refractivity contribution in [2.45, 2.75) is 20.4 Å². The van der Waals surface area contributed by atoms with Crippen LogP contribution in [0.3, 0.4) is 0 Å². The summed E-state index contributed by atoms with van der Waals surface area (Å²) in [5.74, 6) is 6.51. The number of anilines is 2. The molecule has 1 aliphatic heterocycles. The lowest BCUT2D eigenvalue weighted by Crippen LogP contribution is -2.47. The summed E-state index contributed by atoms with van der Waals surface area (Å²) >= 11 is 0. The predicted molar refractivity (Wildman–Crippen MR) is 128 cm³/mol.